The van der Waals surface area contributed by atoms with E-state index >= 15 is 0 Å². The Morgan fingerprint density at radius 2 is 1.89 bits per heavy atom. The van der Waals surface area contributed by atoms with Crippen LogP contribution in [-0.2, 0) is 0 Å². The van der Waals surface area contributed by atoms with Crippen molar-refractivity contribution >= 4 is 16.7 Å². The third-order valence-corrected chi connectivity index (χ3v) is 3.10. The summed E-state index contributed by atoms with van der Waals surface area (Å²) < 4.78 is 5.16. The zero-order valence-electron chi connectivity index (χ0n) is 10.7. The largest absolute Gasteiger partial charge is 0.497 e. The Bertz CT molecular complexity index is 600. The lowest BCUT2D eigenvalue weighted by molar-refractivity contribution is 0.0697. The normalized spacial score (nSPS) is 10.9. The van der Waals surface area contributed by atoms with Gasteiger partial charge in [0.25, 0.3) is 0 Å². The molecule has 0 aliphatic rings. The van der Waals surface area contributed by atoms with Crippen molar-refractivity contribution in [2.45, 2.75) is 19.8 Å². The smallest absolute Gasteiger partial charge is 0.336 e. The summed E-state index contributed by atoms with van der Waals surface area (Å²) in [6.07, 6.45) is 0. The molecule has 0 spiro atoms. The van der Waals surface area contributed by atoms with Gasteiger partial charge < -0.3 is 9.84 Å². The van der Waals surface area contributed by atoms with Crippen LogP contribution in [0, 0.1) is 0 Å². The van der Waals surface area contributed by atoms with Gasteiger partial charge in [-0.2, -0.15) is 0 Å². The molecule has 0 saturated carbocycles. The zero-order chi connectivity index (χ0) is 13.3. The molecule has 0 amide bonds. The lowest BCUT2D eigenvalue weighted by atomic mass is 9.92. The summed E-state index contributed by atoms with van der Waals surface area (Å²) in [5, 5.41) is 11.1. The molecule has 3 heteroatoms. The molecule has 0 atom stereocenters. The molecule has 2 rings (SSSR count). The highest BCUT2D eigenvalue weighted by Gasteiger charge is 2.16. The standard InChI is InChI=1S/C15H16O3/c1-9(2)12-7-5-10-4-6-11(18-3)8-13(10)14(12)15(16)17/h4-9H,1-3H3,(H,16,17). The Balaban J connectivity index is 2.82. The van der Waals surface area contributed by atoms with Crippen LogP contribution in [0.15, 0.2) is 30.3 Å². The van der Waals surface area contributed by atoms with E-state index in [0.717, 1.165) is 16.3 Å². The van der Waals surface area contributed by atoms with Gasteiger partial charge in [0.15, 0.2) is 0 Å². The molecule has 0 aliphatic carbocycles. The van der Waals surface area contributed by atoms with Crippen molar-refractivity contribution in [3.8, 4) is 5.75 Å². The number of methoxy groups -OCH3 is 1. The summed E-state index contributed by atoms with van der Waals surface area (Å²) in [6.45, 7) is 3.99. The SMILES string of the molecule is COc1ccc2ccc(C(C)C)c(C(=O)O)c2c1. The van der Waals surface area contributed by atoms with E-state index in [4.69, 9.17) is 4.74 Å². The van der Waals surface area contributed by atoms with Gasteiger partial charge in [0, 0.05) is 5.39 Å². The van der Waals surface area contributed by atoms with Crippen LogP contribution in [-0.4, -0.2) is 18.2 Å². The Morgan fingerprint density at radius 1 is 1.22 bits per heavy atom. The maximum Gasteiger partial charge on any atom is 0.336 e. The van der Waals surface area contributed by atoms with Crippen LogP contribution >= 0.6 is 0 Å². The first-order valence-electron chi connectivity index (χ1n) is 5.88. The maximum absolute atomic E-state index is 11.5. The second-order valence-corrected chi connectivity index (χ2v) is 4.58. The zero-order valence-corrected chi connectivity index (χ0v) is 10.7. The van der Waals surface area contributed by atoms with Gasteiger partial charge >= 0.3 is 5.97 Å². The van der Waals surface area contributed by atoms with Crippen molar-refractivity contribution in [1.29, 1.82) is 0 Å². The van der Waals surface area contributed by atoms with Crippen molar-refractivity contribution in [3.63, 3.8) is 0 Å². The molecular weight excluding hydrogens is 228 g/mol. The van der Waals surface area contributed by atoms with Crippen LogP contribution in [0.2, 0.25) is 0 Å². The van der Waals surface area contributed by atoms with Crippen molar-refractivity contribution in [2.24, 2.45) is 0 Å². The second-order valence-electron chi connectivity index (χ2n) is 4.58. The van der Waals surface area contributed by atoms with Gasteiger partial charge in [-0.3, -0.25) is 0 Å². The second kappa shape index (κ2) is 4.69. The topological polar surface area (TPSA) is 46.5 Å². The number of carbonyl (C=O) groups is 1. The molecule has 94 valence electrons. The number of benzene rings is 2. The number of carboxylic acid groups (broad SMARTS) is 1. The minimum absolute atomic E-state index is 0.173. The number of hydrogen-bond donors (Lipinski definition) is 1. The van der Waals surface area contributed by atoms with Crippen molar-refractivity contribution in [3.05, 3.63) is 41.5 Å². The highest BCUT2D eigenvalue weighted by atomic mass is 16.5. The molecule has 1 N–H and O–H groups in total. The fourth-order valence-corrected chi connectivity index (χ4v) is 2.16. The summed E-state index contributed by atoms with van der Waals surface area (Å²) >= 11 is 0. The molecule has 3 nitrogen and oxygen atoms in total. The molecule has 2 aromatic carbocycles. The highest BCUT2D eigenvalue weighted by molar-refractivity contribution is 6.05. The number of carboxylic acids is 1. The Hall–Kier alpha value is -2.03. The first-order chi connectivity index (χ1) is 8.54. The van der Waals surface area contributed by atoms with E-state index in [1.165, 1.54) is 0 Å². The molecule has 0 radical (unpaired) electrons. The van der Waals surface area contributed by atoms with Crippen molar-refractivity contribution in [2.75, 3.05) is 7.11 Å². The van der Waals surface area contributed by atoms with E-state index in [1.54, 1.807) is 13.2 Å². The lowest BCUT2D eigenvalue weighted by Gasteiger charge is -2.13. The average Bonchev–Trinajstić information content (AvgIpc) is 2.36. The van der Waals surface area contributed by atoms with E-state index in [0.29, 0.717) is 11.3 Å². The van der Waals surface area contributed by atoms with Crippen molar-refractivity contribution < 1.29 is 14.6 Å². The summed E-state index contributed by atoms with van der Waals surface area (Å²) in [5.74, 6) is -0.0461. The molecule has 0 bridgehead atoms. The van der Waals surface area contributed by atoms with Crippen LogP contribution in [0.25, 0.3) is 10.8 Å². The molecule has 2 aromatic rings. The van der Waals surface area contributed by atoms with Gasteiger partial charge in [-0.25, -0.2) is 4.79 Å². The molecular formula is C15H16O3. The highest BCUT2D eigenvalue weighted by Crippen LogP contribution is 2.30. The Morgan fingerprint density at radius 3 is 2.44 bits per heavy atom. The third-order valence-electron chi connectivity index (χ3n) is 3.10. The van der Waals surface area contributed by atoms with E-state index in [1.807, 2.05) is 38.1 Å². The van der Waals surface area contributed by atoms with Crippen LogP contribution in [0.3, 0.4) is 0 Å². The molecule has 0 saturated heterocycles. The molecule has 0 aromatic heterocycles. The first kappa shape index (κ1) is 12.4. The molecule has 0 heterocycles. The number of aromatic carboxylic acids is 1. The lowest BCUT2D eigenvalue weighted by Crippen LogP contribution is -2.05. The van der Waals surface area contributed by atoms with Gasteiger partial charge in [0.1, 0.15) is 5.75 Å². The van der Waals surface area contributed by atoms with Gasteiger partial charge in [-0.15, -0.1) is 0 Å². The number of rotatable bonds is 3. The average molecular weight is 244 g/mol. The molecule has 0 fully saturated rings. The quantitative estimate of drug-likeness (QED) is 0.896. The Kier molecular flexibility index (Phi) is 3.24. The van der Waals surface area contributed by atoms with Crippen molar-refractivity contribution in [1.82, 2.24) is 0 Å². The summed E-state index contributed by atoms with van der Waals surface area (Å²) in [5.41, 5.74) is 1.23. The maximum atomic E-state index is 11.5. The predicted molar refractivity (Wildman–Crippen MR) is 71.5 cm³/mol. The van der Waals surface area contributed by atoms with Crippen LogP contribution in [0.4, 0.5) is 0 Å². The van der Waals surface area contributed by atoms with E-state index in [-0.39, 0.29) is 5.92 Å². The number of fused-ring (bicyclic) bond motifs is 1. The number of ether oxygens (including phenoxy) is 1. The summed E-state index contributed by atoms with van der Waals surface area (Å²) in [6, 6.07) is 9.35. The van der Waals surface area contributed by atoms with Gasteiger partial charge in [-0.1, -0.05) is 32.0 Å². The van der Waals surface area contributed by atoms with Crippen LogP contribution in [0.1, 0.15) is 35.7 Å². The van der Waals surface area contributed by atoms with E-state index < -0.39 is 5.97 Å². The fraction of sp³-hybridized carbons (Fsp3) is 0.267. The molecule has 0 unspecified atom stereocenters. The van der Waals surface area contributed by atoms with E-state index in [9.17, 15) is 9.90 Å². The summed E-state index contributed by atoms with van der Waals surface area (Å²) in [7, 11) is 1.58. The van der Waals surface area contributed by atoms with Gasteiger partial charge in [0.2, 0.25) is 0 Å². The monoisotopic (exact) mass is 244 g/mol. The van der Waals surface area contributed by atoms with Crippen LogP contribution < -0.4 is 4.74 Å². The van der Waals surface area contributed by atoms with Gasteiger partial charge in [0.05, 0.1) is 12.7 Å². The van der Waals surface area contributed by atoms with E-state index in [2.05, 4.69) is 0 Å². The first-order valence-corrected chi connectivity index (χ1v) is 5.88. The predicted octanol–water partition coefficient (Wildman–Crippen LogP) is 3.67. The minimum atomic E-state index is -0.891. The summed E-state index contributed by atoms with van der Waals surface area (Å²) in [4.78, 5) is 11.5. The van der Waals surface area contributed by atoms with Gasteiger partial charge in [-0.05, 0) is 29.0 Å². The van der Waals surface area contributed by atoms with Crippen LogP contribution in [0.5, 0.6) is 5.75 Å². The fourth-order valence-electron chi connectivity index (χ4n) is 2.16. The Labute approximate surface area is 106 Å². The molecule has 0 aliphatic heterocycles. The minimum Gasteiger partial charge on any atom is -0.497 e. The number of hydrogen-bond acceptors (Lipinski definition) is 2. The third kappa shape index (κ3) is 2.04. The molecule has 18 heavy (non-hydrogen) atoms.